The first-order valence-corrected chi connectivity index (χ1v) is 11.2. The lowest BCUT2D eigenvalue weighted by Gasteiger charge is -2.13. The number of hydrogen-bond acceptors (Lipinski definition) is 4. The predicted octanol–water partition coefficient (Wildman–Crippen LogP) is 7.26. The normalized spacial score (nSPS) is 14.2. The molecule has 0 atom stereocenters. The molecule has 0 saturated heterocycles. The number of benzene rings is 3. The Bertz CT molecular complexity index is 1240. The fourth-order valence-electron chi connectivity index (χ4n) is 3.32. The molecule has 0 amide bonds. The van der Waals surface area contributed by atoms with Gasteiger partial charge in [0.15, 0.2) is 11.5 Å². The van der Waals surface area contributed by atoms with E-state index in [2.05, 4.69) is 0 Å². The minimum Gasteiger partial charge on any atom is -0.490 e. The lowest BCUT2D eigenvalue weighted by molar-refractivity contribution is -0.130. The first-order chi connectivity index (χ1) is 15.9. The second-order valence-corrected chi connectivity index (χ2v) is 8.37. The average molecular weight is 481 g/mol. The summed E-state index contributed by atoms with van der Waals surface area (Å²) in [6, 6.07) is 18.6. The molecule has 1 aliphatic heterocycles. The van der Waals surface area contributed by atoms with Crippen molar-refractivity contribution in [1.82, 2.24) is 0 Å². The molecule has 6 heteroatoms. The van der Waals surface area contributed by atoms with E-state index >= 15 is 0 Å². The summed E-state index contributed by atoms with van der Waals surface area (Å²) in [5.41, 5.74) is 4.08. The quantitative estimate of drug-likeness (QED) is 0.263. The number of ether oxygens (including phenoxy) is 3. The second kappa shape index (κ2) is 10.2. The van der Waals surface area contributed by atoms with Crippen LogP contribution < -0.4 is 9.47 Å². The Morgan fingerprint density at radius 1 is 0.939 bits per heavy atom. The third-order valence-electron chi connectivity index (χ3n) is 5.05. The molecule has 1 heterocycles. The highest BCUT2D eigenvalue weighted by molar-refractivity contribution is 6.35. The molecule has 0 aromatic heterocycles. The molecule has 3 aromatic rings. The smallest absolute Gasteiger partial charge is 0.343 e. The number of hydrogen-bond donors (Lipinski definition) is 0. The number of esters is 1. The second-order valence-electron chi connectivity index (χ2n) is 7.53. The van der Waals surface area contributed by atoms with Crippen LogP contribution in [0.25, 0.3) is 11.8 Å². The molecule has 0 fully saturated rings. The van der Waals surface area contributed by atoms with Crippen molar-refractivity contribution in [2.45, 2.75) is 20.5 Å². The summed E-state index contributed by atoms with van der Waals surface area (Å²) in [7, 11) is 0. The van der Waals surface area contributed by atoms with Gasteiger partial charge in [-0.05, 0) is 55.8 Å². The van der Waals surface area contributed by atoms with Crippen molar-refractivity contribution in [2.75, 3.05) is 6.61 Å². The highest BCUT2D eigenvalue weighted by atomic mass is 35.5. The van der Waals surface area contributed by atoms with Crippen LogP contribution in [0.5, 0.6) is 11.5 Å². The molecule has 33 heavy (non-hydrogen) atoms. The number of cyclic esters (lactones) is 1. The molecule has 4 rings (SSSR count). The summed E-state index contributed by atoms with van der Waals surface area (Å²) in [5, 5.41) is 1.11. The number of halogens is 2. The maximum atomic E-state index is 12.4. The lowest BCUT2D eigenvalue weighted by atomic mass is 10.1. The van der Waals surface area contributed by atoms with Gasteiger partial charge in [0.1, 0.15) is 12.4 Å². The summed E-state index contributed by atoms with van der Waals surface area (Å²) < 4.78 is 17.2. The van der Waals surface area contributed by atoms with Crippen LogP contribution in [0.15, 0.2) is 72.3 Å². The van der Waals surface area contributed by atoms with Gasteiger partial charge in [-0.15, -0.1) is 0 Å². The fraction of sp³-hybridized carbons (Fsp3) is 0.148. The zero-order valence-electron chi connectivity index (χ0n) is 18.2. The van der Waals surface area contributed by atoms with Crippen LogP contribution in [0, 0.1) is 6.92 Å². The Hall–Kier alpha value is -3.21. The Morgan fingerprint density at radius 3 is 2.45 bits per heavy atom. The zero-order chi connectivity index (χ0) is 23.4. The van der Waals surface area contributed by atoms with Crippen LogP contribution in [-0.4, -0.2) is 12.6 Å². The van der Waals surface area contributed by atoms with E-state index < -0.39 is 0 Å². The van der Waals surface area contributed by atoms with E-state index in [1.165, 1.54) is 0 Å². The fourth-order valence-corrected chi connectivity index (χ4v) is 3.79. The maximum Gasteiger partial charge on any atom is 0.343 e. The van der Waals surface area contributed by atoms with E-state index in [9.17, 15) is 4.79 Å². The van der Waals surface area contributed by atoms with Gasteiger partial charge in [0.25, 0.3) is 0 Å². The van der Waals surface area contributed by atoms with Gasteiger partial charge < -0.3 is 14.2 Å². The van der Waals surface area contributed by atoms with Gasteiger partial charge in [-0.1, -0.05) is 65.2 Å². The van der Waals surface area contributed by atoms with E-state index in [-0.39, 0.29) is 12.6 Å². The van der Waals surface area contributed by atoms with Crippen LogP contribution >= 0.6 is 23.2 Å². The van der Waals surface area contributed by atoms with Crippen molar-refractivity contribution < 1.29 is 19.0 Å². The van der Waals surface area contributed by atoms with Crippen LogP contribution in [0.3, 0.4) is 0 Å². The van der Waals surface area contributed by atoms with E-state index in [1.807, 2.05) is 62.4 Å². The molecule has 1 aliphatic rings. The SMILES string of the molecule is CCOc1cc(/C=C2/C=C(c3ccc(C)cc3)OC2=O)ccc1OCc1ccc(Cl)cc1Cl. The summed E-state index contributed by atoms with van der Waals surface area (Å²) in [5.74, 6) is 1.30. The average Bonchev–Trinajstić information content (AvgIpc) is 3.15. The molecule has 0 bridgehead atoms. The van der Waals surface area contributed by atoms with Crippen LogP contribution in [-0.2, 0) is 16.1 Å². The first-order valence-electron chi connectivity index (χ1n) is 10.5. The number of aryl methyl sites for hydroxylation is 1. The van der Waals surface area contributed by atoms with Gasteiger partial charge in [0.05, 0.1) is 12.2 Å². The molecule has 0 saturated carbocycles. The zero-order valence-corrected chi connectivity index (χ0v) is 19.7. The van der Waals surface area contributed by atoms with Crippen molar-refractivity contribution >= 4 is 41.0 Å². The molecule has 0 spiro atoms. The van der Waals surface area contributed by atoms with Crippen LogP contribution in [0.2, 0.25) is 10.0 Å². The van der Waals surface area contributed by atoms with E-state index in [0.717, 1.165) is 22.3 Å². The van der Waals surface area contributed by atoms with E-state index in [0.29, 0.717) is 39.5 Å². The van der Waals surface area contributed by atoms with Crippen LogP contribution in [0.1, 0.15) is 29.2 Å². The molecule has 0 aliphatic carbocycles. The summed E-state index contributed by atoms with van der Waals surface area (Å²) in [6.45, 7) is 4.65. The molecular formula is C27H22Cl2O4. The van der Waals surface area contributed by atoms with Gasteiger partial charge in [0.2, 0.25) is 0 Å². The number of rotatable bonds is 7. The van der Waals surface area contributed by atoms with Gasteiger partial charge >= 0.3 is 5.97 Å². The highest BCUT2D eigenvalue weighted by Gasteiger charge is 2.22. The summed E-state index contributed by atoms with van der Waals surface area (Å²) in [4.78, 5) is 12.4. The van der Waals surface area contributed by atoms with Crippen molar-refractivity contribution in [3.63, 3.8) is 0 Å². The van der Waals surface area contributed by atoms with Gasteiger partial charge in [-0.3, -0.25) is 0 Å². The molecular weight excluding hydrogens is 459 g/mol. The van der Waals surface area contributed by atoms with Crippen molar-refractivity contribution in [3.8, 4) is 11.5 Å². The largest absolute Gasteiger partial charge is 0.490 e. The molecule has 168 valence electrons. The molecule has 0 unspecified atom stereocenters. The topological polar surface area (TPSA) is 44.8 Å². The Kier molecular flexibility index (Phi) is 7.07. The third-order valence-corrected chi connectivity index (χ3v) is 5.64. The number of carbonyl (C=O) groups excluding carboxylic acids is 1. The highest BCUT2D eigenvalue weighted by Crippen LogP contribution is 2.33. The third kappa shape index (κ3) is 5.59. The molecule has 3 aromatic carbocycles. The van der Waals surface area contributed by atoms with Crippen molar-refractivity contribution in [1.29, 1.82) is 0 Å². The minimum absolute atomic E-state index is 0.269. The Balaban J connectivity index is 1.55. The van der Waals surface area contributed by atoms with E-state index in [4.69, 9.17) is 37.4 Å². The summed E-state index contributed by atoms with van der Waals surface area (Å²) in [6.07, 6.45) is 3.52. The van der Waals surface area contributed by atoms with Crippen molar-refractivity contribution in [2.24, 2.45) is 0 Å². The van der Waals surface area contributed by atoms with Gasteiger partial charge in [0, 0.05) is 21.2 Å². The van der Waals surface area contributed by atoms with Crippen LogP contribution in [0.4, 0.5) is 0 Å². The Morgan fingerprint density at radius 2 is 1.73 bits per heavy atom. The monoisotopic (exact) mass is 480 g/mol. The van der Waals surface area contributed by atoms with Gasteiger partial charge in [-0.2, -0.15) is 0 Å². The molecule has 0 N–H and O–H groups in total. The Labute approximate surface area is 203 Å². The minimum atomic E-state index is -0.388. The number of carbonyl (C=O) groups is 1. The molecule has 4 nitrogen and oxygen atoms in total. The summed E-state index contributed by atoms with van der Waals surface area (Å²) >= 11 is 12.2. The van der Waals surface area contributed by atoms with E-state index in [1.54, 1.807) is 24.3 Å². The first kappa shape index (κ1) is 23.0. The standard InChI is InChI=1S/C27H22Cl2O4/c1-3-31-26-13-18(6-11-24(26)32-16-20-9-10-22(28)15-23(20)29)12-21-14-25(33-27(21)30)19-7-4-17(2)5-8-19/h4-15H,3,16H2,1-2H3/b21-12-. The molecule has 0 radical (unpaired) electrons. The van der Waals surface area contributed by atoms with Crippen molar-refractivity contribution in [3.05, 3.63) is 105 Å². The maximum absolute atomic E-state index is 12.4. The lowest BCUT2D eigenvalue weighted by Crippen LogP contribution is -2.01. The predicted molar refractivity (Wildman–Crippen MR) is 132 cm³/mol. The van der Waals surface area contributed by atoms with Gasteiger partial charge in [-0.25, -0.2) is 4.79 Å².